The Morgan fingerprint density at radius 2 is 2.25 bits per heavy atom. The molecule has 6 heteroatoms. The maximum absolute atomic E-state index is 5.36. The van der Waals surface area contributed by atoms with Crippen LogP contribution < -0.4 is 11.3 Å². The average molecular weight is 218 g/mol. The molecule has 0 bridgehead atoms. The molecule has 0 amide bonds. The van der Waals surface area contributed by atoms with Gasteiger partial charge in [0.2, 0.25) is 0 Å². The third kappa shape index (κ3) is 2.01. The van der Waals surface area contributed by atoms with Gasteiger partial charge in [0.05, 0.1) is 11.9 Å². The third-order valence-corrected chi connectivity index (χ3v) is 2.24. The molecule has 0 aliphatic heterocycles. The maximum atomic E-state index is 5.36. The summed E-state index contributed by atoms with van der Waals surface area (Å²) in [7, 11) is 1.87. The van der Waals surface area contributed by atoms with Crippen molar-refractivity contribution in [3.63, 3.8) is 0 Å². The number of nitrogen functional groups attached to an aromatic ring is 1. The molecule has 2 heterocycles. The second-order valence-electron chi connectivity index (χ2n) is 3.46. The molecule has 0 radical (unpaired) electrons. The van der Waals surface area contributed by atoms with Crippen molar-refractivity contribution in [1.82, 2.24) is 19.7 Å². The SMILES string of the molecule is CCc1nc(NN)cc(-c2cnn(C)c2)n1. The molecule has 0 saturated heterocycles. The van der Waals surface area contributed by atoms with Crippen molar-refractivity contribution in [2.45, 2.75) is 13.3 Å². The van der Waals surface area contributed by atoms with Gasteiger partial charge in [-0.3, -0.25) is 4.68 Å². The van der Waals surface area contributed by atoms with Crippen LogP contribution in [0.25, 0.3) is 11.3 Å². The Kier molecular flexibility index (Phi) is 2.82. The van der Waals surface area contributed by atoms with Gasteiger partial charge in [0.25, 0.3) is 0 Å². The van der Waals surface area contributed by atoms with E-state index in [1.54, 1.807) is 16.9 Å². The van der Waals surface area contributed by atoms with Crippen molar-refractivity contribution in [3.05, 3.63) is 24.3 Å². The van der Waals surface area contributed by atoms with Crippen molar-refractivity contribution in [2.24, 2.45) is 12.9 Å². The summed E-state index contributed by atoms with van der Waals surface area (Å²) in [6.07, 6.45) is 4.44. The van der Waals surface area contributed by atoms with Crippen LogP contribution in [-0.2, 0) is 13.5 Å². The lowest BCUT2D eigenvalue weighted by atomic mass is 10.2. The van der Waals surface area contributed by atoms with Gasteiger partial charge in [-0.1, -0.05) is 6.92 Å². The Bertz CT molecular complexity index is 468. The zero-order valence-electron chi connectivity index (χ0n) is 9.31. The number of hydrogen-bond acceptors (Lipinski definition) is 5. The highest BCUT2D eigenvalue weighted by atomic mass is 15.3. The Morgan fingerprint density at radius 3 is 2.81 bits per heavy atom. The van der Waals surface area contributed by atoms with Gasteiger partial charge in [-0.25, -0.2) is 15.8 Å². The smallest absolute Gasteiger partial charge is 0.144 e. The fourth-order valence-corrected chi connectivity index (χ4v) is 1.43. The van der Waals surface area contributed by atoms with Crippen LogP contribution in [-0.4, -0.2) is 19.7 Å². The summed E-state index contributed by atoms with van der Waals surface area (Å²) in [5.41, 5.74) is 4.32. The first-order valence-corrected chi connectivity index (χ1v) is 5.06. The van der Waals surface area contributed by atoms with Crippen LogP contribution >= 0.6 is 0 Å². The van der Waals surface area contributed by atoms with E-state index in [0.717, 1.165) is 23.5 Å². The molecular formula is C10H14N6. The molecule has 0 aromatic carbocycles. The molecule has 0 atom stereocenters. The number of nitrogens with zero attached hydrogens (tertiary/aromatic N) is 4. The molecule has 0 aliphatic carbocycles. The number of hydrazine groups is 1. The summed E-state index contributed by atoms with van der Waals surface area (Å²) < 4.78 is 1.73. The number of nitrogens with one attached hydrogen (secondary N) is 1. The number of aromatic nitrogens is 4. The Morgan fingerprint density at radius 1 is 1.44 bits per heavy atom. The van der Waals surface area contributed by atoms with Crippen LogP contribution in [0.5, 0.6) is 0 Å². The fourth-order valence-electron chi connectivity index (χ4n) is 1.43. The quantitative estimate of drug-likeness (QED) is 0.586. The Balaban J connectivity index is 2.47. The summed E-state index contributed by atoms with van der Waals surface area (Å²) in [5.74, 6) is 6.74. The summed E-state index contributed by atoms with van der Waals surface area (Å²) in [4.78, 5) is 8.65. The number of aryl methyl sites for hydroxylation is 2. The molecule has 0 spiro atoms. The number of nitrogens with two attached hydrogens (primary N) is 1. The molecular weight excluding hydrogens is 204 g/mol. The van der Waals surface area contributed by atoms with E-state index in [1.807, 2.05) is 20.2 Å². The van der Waals surface area contributed by atoms with E-state index in [-0.39, 0.29) is 0 Å². The predicted octanol–water partition coefficient (Wildman–Crippen LogP) is 0.725. The van der Waals surface area contributed by atoms with Gasteiger partial charge >= 0.3 is 0 Å². The molecule has 0 unspecified atom stereocenters. The van der Waals surface area contributed by atoms with Crippen LogP contribution in [0.15, 0.2) is 18.5 Å². The van der Waals surface area contributed by atoms with Crippen molar-refractivity contribution in [3.8, 4) is 11.3 Å². The second-order valence-corrected chi connectivity index (χ2v) is 3.46. The third-order valence-electron chi connectivity index (χ3n) is 2.24. The lowest BCUT2D eigenvalue weighted by Crippen LogP contribution is -2.10. The average Bonchev–Trinajstić information content (AvgIpc) is 2.75. The number of anilines is 1. The minimum absolute atomic E-state index is 0.616. The molecule has 2 aromatic heterocycles. The van der Waals surface area contributed by atoms with E-state index in [9.17, 15) is 0 Å². The van der Waals surface area contributed by atoms with Crippen LogP contribution in [0.1, 0.15) is 12.7 Å². The molecule has 2 aromatic rings. The maximum Gasteiger partial charge on any atom is 0.144 e. The summed E-state index contributed by atoms with van der Waals surface area (Å²) in [6.45, 7) is 2.00. The molecule has 3 N–H and O–H groups in total. The molecule has 0 aliphatic rings. The first-order valence-electron chi connectivity index (χ1n) is 5.06. The van der Waals surface area contributed by atoms with Crippen molar-refractivity contribution >= 4 is 5.82 Å². The van der Waals surface area contributed by atoms with Crippen LogP contribution in [0.4, 0.5) is 5.82 Å². The van der Waals surface area contributed by atoms with E-state index in [2.05, 4.69) is 20.5 Å². The number of hydrogen-bond donors (Lipinski definition) is 2. The van der Waals surface area contributed by atoms with E-state index in [0.29, 0.717) is 5.82 Å². The van der Waals surface area contributed by atoms with Crippen molar-refractivity contribution < 1.29 is 0 Å². The van der Waals surface area contributed by atoms with Crippen molar-refractivity contribution in [1.29, 1.82) is 0 Å². The van der Waals surface area contributed by atoms with Gasteiger partial charge in [-0.05, 0) is 0 Å². The van der Waals surface area contributed by atoms with E-state index >= 15 is 0 Å². The van der Waals surface area contributed by atoms with Gasteiger partial charge in [-0.2, -0.15) is 5.10 Å². The Labute approximate surface area is 93.5 Å². The summed E-state index contributed by atoms with van der Waals surface area (Å²) >= 11 is 0. The van der Waals surface area contributed by atoms with Crippen molar-refractivity contribution in [2.75, 3.05) is 5.43 Å². The van der Waals surface area contributed by atoms with Gasteiger partial charge in [0.15, 0.2) is 0 Å². The topological polar surface area (TPSA) is 81.6 Å². The second kappa shape index (κ2) is 4.28. The summed E-state index contributed by atoms with van der Waals surface area (Å²) in [5, 5.41) is 4.11. The lowest BCUT2D eigenvalue weighted by molar-refractivity contribution is 0.768. The zero-order chi connectivity index (χ0) is 11.5. The first kappa shape index (κ1) is 10.6. The largest absolute Gasteiger partial charge is 0.308 e. The van der Waals surface area contributed by atoms with Crippen LogP contribution in [0.2, 0.25) is 0 Å². The van der Waals surface area contributed by atoms with Gasteiger partial charge in [0, 0.05) is 31.3 Å². The van der Waals surface area contributed by atoms with E-state index in [4.69, 9.17) is 5.84 Å². The number of rotatable bonds is 3. The van der Waals surface area contributed by atoms with E-state index < -0.39 is 0 Å². The highest BCUT2D eigenvalue weighted by molar-refractivity contribution is 5.60. The van der Waals surface area contributed by atoms with Crippen LogP contribution in [0, 0.1) is 0 Å². The van der Waals surface area contributed by atoms with E-state index in [1.165, 1.54) is 0 Å². The normalized spacial score (nSPS) is 10.4. The monoisotopic (exact) mass is 218 g/mol. The molecule has 16 heavy (non-hydrogen) atoms. The van der Waals surface area contributed by atoms with Gasteiger partial charge in [-0.15, -0.1) is 0 Å². The first-order chi connectivity index (χ1) is 7.72. The lowest BCUT2D eigenvalue weighted by Gasteiger charge is -2.04. The summed E-state index contributed by atoms with van der Waals surface area (Å²) in [6, 6.07) is 1.80. The molecule has 2 rings (SSSR count). The zero-order valence-corrected chi connectivity index (χ0v) is 9.31. The standard InChI is InChI=1S/C10H14N6/c1-3-9-13-8(4-10(14-9)15-11)7-5-12-16(2)6-7/h4-6H,3,11H2,1-2H3,(H,13,14,15). The predicted molar refractivity (Wildman–Crippen MR) is 61.4 cm³/mol. The Hall–Kier alpha value is -1.95. The minimum atomic E-state index is 0.616. The van der Waals surface area contributed by atoms with Gasteiger partial charge in [0.1, 0.15) is 11.6 Å². The molecule has 84 valence electrons. The van der Waals surface area contributed by atoms with Crippen LogP contribution in [0.3, 0.4) is 0 Å². The molecule has 0 saturated carbocycles. The fraction of sp³-hybridized carbons (Fsp3) is 0.300. The molecule has 0 fully saturated rings. The van der Waals surface area contributed by atoms with Gasteiger partial charge < -0.3 is 5.43 Å². The molecule has 6 nitrogen and oxygen atoms in total. The highest BCUT2D eigenvalue weighted by Crippen LogP contribution is 2.18. The minimum Gasteiger partial charge on any atom is -0.308 e. The highest BCUT2D eigenvalue weighted by Gasteiger charge is 2.06.